The molecule has 1 aliphatic carbocycles. The Kier molecular flexibility index (Phi) is 5.09. The first-order chi connectivity index (χ1) is 14.1. The zero-order valence-electron chi connectivity index (χ0n) is 16.4. The smallest absolute Gasteiger partial charge is 0.331 e. The maximum absolute atomic E-state index is 13.1. The molecule has 4 rings (SSSR count). The number of ether oxygens (including phenoxy) is 1. The molecule has 1 aromatic heterocycles. The summed E-state index contributed by atoms with van der Waals surface area (Å²) >= 11 is 0. The molecule has 1 N–H and O–H groups in total. The molecule has 150 valence electrons. The number of hydrogen-bond donors (Lipinski definition) is 1. The summed E-state index contributed by atoms with van der Waals surface area (Å²) in [5.74, 6) is -0.656. The number of para-hydroxylation sites is 2. The molecule has 29 heavy (non-hydrogen) atoms. The number of amides is 1. The van der Waals surface area contributed by atoms with Gasteiger partial charge in [-0.3, -0.25) is 9.59 Å². The molecule has 1 amide bonds. The van der Waals surface area contributed by atoms with Crippen LogP contribution in [0.25, 0.3) is 21.8 Å². The van der Waals surface area contributed by atoms with Crippen LogP contribution in [-0.2, 0) is 20.9 Å². The van der Waals surface area contributed by atoms with Crippen LogP contribution in [0.15, 0.2) is 53.3 Å². The van der Waals surface area contributed by atoms with Crippen LogP contribution in [0.5, 0.6) is 0 Å². The molecule has 6 heteroatoms. The van der Waals surface area contributed by atoms with Gasteiger partial charge in [0.1, 0.15) is 12.1 Å². The molecule has 1 fully saturated rings. The highest BCUT2D eigenvalue weighted by Gasteiger charge is 2.41. The molecule has 1 saturated carbocycles. The van der Waals surface area contributed by atoms with Crippen molar-refractivity contribution in [2.24, 2.45) is 0 Å². The average Bonchev–Trinajstić information content (AvgIpc) is 2.76. The molecule has 0 unspecified atom stereocenters. The van der Waals surface area contributed by atoms with Crippen LogP contribution in [-0.4, -0.2) is 29.1 Å². The Morgan fingerprint density at radius 2 is 1.52 bits per heavy atom. The number of nitrogens with one attached hydrogen (secondary N) is 1. The van der Waals surface area contributed by atoms with Crippen LogP contribution >= 0.6 is 0 Å². The Morgan fingerprint density at radius 3 is 2.07 bits per heavy atom. The Bertz CT molecular complexity index is 1080. The molecule has 1 aliphatic rings. The summed E-state index contributed by atoms with van der Waals surface area (Å²) in [5.41, 5.74) is 0.379. The van der Waals surface area contributed by atoms with E-state index in [0.717, 1.165) is 19.3 Å². The van der Waals surface area contributed by atoms with Gasteiger partial charge in [0.05, 0.1) is 18.1 Å². The van der Waals surface area contributed by atoms with E-state index < -0.39 is 5.54 Å². The predicted octanol–water partition coefficient (Wildman–Crippen LogP) is 3.15. The highest BCUT2D eigenvalue weighted by Crippen LogP contribution is 2.29. The van der Waals surface area contributed by atoms with E-state index in [9.17, 15) is 14.4 Å². The van der Waals surface area contributed by atoms with Crippen molar-refractivity contribution in [3.8, 4) is 0 Å². The van der Waals surface area contributed by atoms with Gasteiger partial charge < -0.3 is 14.6 Å². The second kappa shape index (κ2) is 7.70. The minimum Gasteiger partial charge on any atom is -0.467 e. The lowest BCUT2D eigenvalue weighted by Gasteiger charge is -2.35. The highest BCUT2D eigenvalue weighted by molar-refractivity contribution is 5.95. The molecule has 0 radical (unpaired) electrons. The van der Waals surface area contributed by atoms with Gasteiger partial charge in [-0.1, -0.05) is 43.5 Å². The predicted molar refractivity (Wildman–Crippen MR) is 112 cm³/mol. The van der Waals surface area contributed by atoms with Gasteiger partial charge in [0.15, 0.2) is 5.43 Å². The maximum Gasteiger partial charge on any atom is 0.331 e. The lowest BCUT2D eigenvalue weighted by atomic mass is 9.81. The summed E-state index contributed by atoms with van der Waals surface area (Å²) in [7, 11) is 1.35. The van der Waals surface area contributed by atoms with E-state index in [2.05, 4.69) is 5.32 Å². The number of hydrogen-bond acceptors (Lipinski definition) is 4. The lowest BCUT2D eigenvalue weighted by Crippen LogP contribution is -2.56. The van der Waals surface area contributed by atoms with Crippen molar-refractivity contribution in [2.45, 2.75) is 44.2 Å². The zero-order valence-corrected chi connectivity index (χ0v) is 16.4. The first kappa shape index (κ1) is 19.2. The summed E-state index contributed by atoms with van der Waals surface area (Å²) in [5, 5.41) is 4.10. The van der Waals surface area contributed by atoms with Crippen molar-refractivity contribution in [1.29, 1.82) is 0 Å². The fourth-order valence-electron chi connectivity index (χ4n) is 4.43. The van der Waals surface area contributed by atoms with Crippen LogP contribution < -0.4 is 10.7 Å². The molecule has 2 aromatic carbocycles. The van der Waals surface area contributed by atoms with Crippen LogP contribution in [0.2, 0.25) is 0 Å². The fourth-order valence-corrected chi connectivity index (χ4v) is 4.43. The fraction of sp³-hybridized carbons (Fsp3) is 0.348. The van der Waals surface area contributed by atoms with Crippen molar-refractivity contribution < 1.29 is 14.3 Å². The summed E-state index contributed by atoms with van der Waals surface area (Å²) in [6.07, 6.45) is 3.95. The lowest BCUT2D eigenvalue weighted by molar-refractivity contribution is -0.152. The first-order valence-electron chi connectivity index (χ1n) is 9.95. The number of fused-ring (bicyclic) bond motifs is 2. The van der Waals surface area contributed by atoms with Crippen LogP contribution in [0.3, 0.4) is 0 Å². The SMILES string of the molecule is COC(=O)C1(NC(=O)Cn2c3ccccc3c(=O)c3ccccc32)CCCCC1. The number of carbonyl (C=O) groups is 2. The Balaban J connectivity index is 1.75. The summed E-state index contributed by atoms with van der Waals surface area (Å²) in [6, 6.07) is 14.6. The monoisotopic (exact) mass is 392 g/mol. The van der Waals surface area contributed by atoms with E-state index in [1.807, 2.05) is 41.0 Å². The normalized spacial score (nSPS) is 15.9. The van der Waals surface area contributed by atoms with Gasteiger partial charge in [0.2, 0.25) is 5.91 Å². The maximum atomic E-state index is 13.1. The number of methoxy groups -OCH3 is 1. The largest absolute Gasteiger partial charge is 0.467 e. The minimum atomic E-state index is -0.964. The van der Waals surface area contributed by atoms with Crippen LogP contribution in [0.1, 0.15) is 32.1 Å². The van der Waals surface area contributed by atoms with E-state index in [4.69, 9.17) is 4.74 Å². The summed E-state index contributed by atoms with van der Waals surface area (Å²) < 4.78 is 6.84. The highest BCUT2D eigenvalue weighted by atomic mass is 16.5. The molecule has 0 saturated heterocycles. The van der Waals surface area contributed by atoms with Crippen molar-refractivity contribution in [3.63, 3.8) is 0 Å². The number of rotatable bonds is 4. The third kappa shape index (κ3) is 3.39. The molecular weight excluding hydrogens is 368 g/mol. The van der Waals surface area contributed by atoms with E-state index >= 15 is 0 Å². The van der Waals surface area contributed by atoms with Crippen molar-refractivity contribution in [1.82, 2.24) is 9.88 Å². The van der Waals surface area contributed by atoms with Gasteiger partial charge in [-0.2, -0.15) is 0 Å². The van der Waals surface area contributed by atoms with E-state index in [-0.39, 0.29) is 23.9 Å². The first-order valence-corrected chi connectivity index (χ1v) is 9.95. The zero-order chi connectivity index (χ0) is 20.4. The van der Waals surface area contributed by atoms with E-state index in [1.165, 1.54) is 7.11 Å². The third-order valence-electron chi connectivity index (χ3n) is 5.84. The number of pyridine rings is 1. The Labute approximate surface area is 168 Å². The van der Waals surface area contributed by atoms with E-state index in [1.54, 1.807) is 12.1 Å². The Morgan fingerprint density at radius 1 is 0.966 bits per heavy atom. The number of esters is 1. The van der Waals surface area contributed by atoms with Gasteiger partial charge in [-0.15, -0.1) is 0 Å². The second-order valence-corrected chi connectivity index (χ2v) is 7.63. The summed E-state index contributed by atoms with van der Waals surface area (Å²) in [4.78, 5) is 38.4. The molecule has 0 aliphatic heterocycles. The van der Waals surface area contributed by atoms with Crippen molar-refractivity contribution in [3.05, 3.63) is 58.8 Å². The van der Waals surface area contributed by atoms with Gasteiger partial charge >= 0.3 is 5.97 Å². The topological polar surface area (TPSA) is 77.4 Å². The van der Waals surface area contributed by atoms with Crippen molar-refractivity contribution in [2.75, 3.05) is 7.11 Å². The number of benzene rings is 2. The molecule has 1 heterocycles. The van der Waals surface area contributed by atoms with E-state index in [0.29, 0.717) is 34.6 Å². The Hall–Kier alpha value is -3.15. The number of nitrogens with zero attached hydrogens (tertiary/aromatic N) is 1. The number of aromatic nitrogens is 1. The van der Waals surface area contributed by atoms with Gasteiger partial charge in [0.25, 0.3) is 0 Å². The molecule has 3 aromatic rings. The third-order valence-corrected chi connectivity index (χ3v) is 5.84. The molecule has 6 nitrogen and oxygen atoms in total. The second-order valence-electron chi connectivity index (χ2n) is 7.63. The van der Waals surface area contributed by atoms with Crippen LogP contribution in [0, 0.1) is 0 Å². The number of carbonyl (C=O) groups excluding carboxylic acids is 2. The molecule has 0 atom stereocenters. The molecular formula is C23H24N2O4. The quantitative estimate of drug-likeness (QED) is 0.547. The van der Waals surface area contributed by atoms with Gasteiger partial charge in [-0.25, -0.2) is 4.79 Å². The molecule has 0 spiro atoms. The minimum absolute atomic E-state index is 0.0139. The van der Waals surface area contributed by atoms with Gasteiger partial charge in [-0.05, 0) is 37.1 Å². The van der Waals surface area contributed by atoms with Gasteiger partial charge in [0, 0.05) is 10.8 Å². The average molecular weight is 392 g/mol. The van der Waals surface area contributed by atoms with Crippen molar-refractivity contribution >= 4 is 33.7 Å². The molecule has 0 bridgehead atoms. The summed E-state index contributed by atoms with van der Waals surface area (Å²) in [6.45, 7) is 0.0139. The van der Waals surface area contributed by atoms with Crippen LogP contribution in [0.4, 0.5) is 0 Å². The standard InChI is InChI=1S/C23H24N2O4/c1-29-22(28)23(13-7-2-8-14-23)24-20(26)15-25-18-11-5-3-9-16(18)21(27)17-10-4-6-12-19(17)25/h3-6,9-12H,2,7-8,13-15H2,1H3,(H,24,26).